The summed E-state index contributed by atoms with van der Waals surface area (Å²) in [7, 11) is 1.87. The van der Waals surface area contributed by atoms with Crippen molar-refractivity contribution in [3.8, 4) is 16.9 Å². The molecule has 49 heavy (non-hydrogen) atoms. The number of carbonyl (C=O) groups is 2. The summed E-state index contributed by atoms with van der Waals surface area (Å²) in [6, 6.07) is 12.9. The predicted molar refractivity (Wildman–Crippen MR) is 195 cm³/mol. The normalized spacial score (nSPS) is 14.7. The number of ether oxygens (including phenoxy) is 1. The molecule has 0 saturated heterocycles. The van der Waals surface area contributed by atoms with E-state index < -0.39 is 5.97 Å². The summed E-state index contributed by atoms with van der Waals surface area (Å²) in [5, 5.41) is 20.5. The van der Waals surface area contributed by atoms with Crippen LogP contribution in [0.25, 0.3) is 32.9 Å². The van der Waals surface area contributed by atoms with Gasteiger partial charge in [-0.15, -0.1) is 0 Å². The standard InChI is InChI=1S/C38H37Cl2N5O4/c1-19-14-25(15-20(2)34(19)40)49-13-7-8-27-28-9-10-30(39)33(32-22(4)41-42-23(32)5)35(28)45-21(3)18-44(37(46)36(27)45)24-16-29(38(47)48)26-11-12-43(6)31(26)17-24/h9-12,14-17,21H,7-8,13,18H2,1-6H3,(H,41,42)(H,47,48)/t21-/m1/s1. The average molecular weight is 699 g/mol. The molecule has 1 atom stereocenters. The minimum Gasteiger partial charge on any atom is -0.494 e. The third-order valence-corrected chi connectivity index (χ3v) is 10.6. The highest BCUT2D eigenvalue weighted by atomic mass is 35.5. The van der Waals surface area contributed by atoms with Crippen LogP contribution in [0, 0.1) is 27.7 Å². The van der Waals surface area contributed by atoms with E-state index in [4.69, 9.17) is 27.9 Å². The number of hydrogen-bond acceptors (Lipinski definition) is 4. The number of carboxylic acid groups (broad SMARTS) is 1. The van der Waals surface area contributed by atoms with E-state index in [0.29, 0.717) is 47.8 Å². The topological polar surface area (TPSA) is 105 Å². The highest BCUT2D eigenvalue weighted by molar-refractivity contribution is 6.35. The minimum atomic E-state index is -1.04. The lowest BCUT2D eigenvalue weighted by atomic mass is 9.98. The van der Waals surface area contributed by atoms with Crippen LogP contribution in [-0.2, 0) is 13.5 Å². The van der Waals surface area contributed by atoms with Gasteiger partial charge in [0.2, 0.25) is 0 Å². The number of fused-ring (bicyclic) bond motifs is 4. The number of amides is 1. The van der Waals surface area contributed by atoms with E-state index in [1.807, 2.05) is 75.8 Å². The van der Waals surface area contributed by atoms with Crippen LogP contribution in [0.3, 0.4) is 0 Å². The first kappa shape index (κ1) is 32.8. The molecule has 0 bridgehead atoms. The number of halogens is 2. The Bertz CT molecular complexity index is 2290. The van der Waals surface area contributed by atoms with E-state index in [1.165, 1.54) is 0 Å². The number of nitrogens with one attached hydrogen (secondary N) is 1. The van der Waals surface area contributed by atoms with E-state index in [-0.39, 0.29) is 17.5 Å². The SMILES string of the molecule is Cc1cc(OCCCc2c3n(c4c(-c5c(C)n[nH]c5C)c(Cl)ccc24)[C@H](C)CN(c2cc(C(=O)O)c4ccn(C)c4c2)C3=O)cc(C)c1Cl. The zero-order chi connectivity index (χ0) is 34.9. The summed E-state index contributed by atoms with van der Waals surface area (Å²) in [5.74, 6) is -0.479. The molecule has 6 aromatic rings. The first-order valence-electron chi connectivity index (χ1n) is 16.3. The van der Waals surface area contributed by atoms with Crippen LogP contribution in [0.1, 0.15) is 68.3 Å². The number of nitrogens with zero attached hydrogens (tertiary/aromatic N) is 4. The van der Waals surface area contributed by atoms with Crippen molar-refractivity contribution >= 4 is 62.6 Å². The molecule has 0 aliphatic carbocycles. The van der Waals surface area contributed by atoms with Crippen LogP contribution in [0.4, 0.5) is 5.69 Å². The number of H-pyrrole nitrogens is 1. The molecule has 0 saturated carbocycles. The van der Waals surface area contributed by atoms with Crippen molar-refractivity contribution in [1.82, 2.24) is 19.3 Å². The van der Waals surface area contributed by atoms with E-state index in [1.54, 1.807) is 17.0 Å². The summed E-state index contributed by atoms with van der Waals surface area (Å²) in [5.41, 5.74) is 9.18. The number of aromatic carboxylic acids is 1. The Hall–Kier alpha value is -4.73. The van der Waals surface area contributed by atoms with Crippen molar-refractivity contribution in [2.24, 2.45) is 7.05 Å². The summed E-state index contributed by atoms with van der Waals surface area (Å²) in [6.45, 7) is 10.7. The molecule has 3 aromatic carbocycles. The van der Waals surface area contributed by atoms with Crippen molar-refractivity contribution in [1.29, 1.82) is 0 Å². The van der Waals surface area contributed by atoms with Crippen LogP contribution in [0.5, 0.6) is 5.75 Å². The molecule has 9 nitrogen and oxygen atoms in total. The molecule has 1 aliphatic rings. The lowest BCUT2D eigenvalue weighted by Crippen LogP contribution is -2.42. The van der Waals surface area contributed by atoms with Crippen molar-refractivity contribution in [3.63, 3.8) is 0 Å². The summed E-state index contributed by atoms with van der Waals surface area (Å²) in [4.78, 5) is 28.9. The summed E-state index contributed by atoms with van der Waals surface area (Å²) < 4.78 is 10.2. The Morgan fingerprint density at radius 2 is 1.78 bits per heavy atom. The number of aromatic amines is 1. The van der Waals surface area contributed by atoms with Gasteiger partial charge in [-0.05, 0) is 101 Å². The third kappa shape index (κ3) is 5.36. The van der Waals surface area contributed by atoms with Crippen LogP contribution < -0.4 is 9.64 Å². The van der Waals surface area contributed by atoms with Crippen molar-refractivity contribution in [2.45, 2.75) is 53.5 Å². The number of aryl methyl sites for hydroxylation is 6. The van der Waals surface area contributed by atoms with Crippen LogP contribution in [-0.4, -0.2) is 49.5 Å². The van der Waals surface area contributed by atoms with Gasteiger partial charge in [0.05, 0.1) is 33.9 Å². The maximum Gasteiger partial charge on any atom is 0.336 e. The number of hydrogen-bond donors (Lipinski definition) is 2. The summed E-state index contributed by atoms with van der Waals surface area (Å²) in [6.07, 6.45) is 3.05. The first-order chi connectivity index (χ1) is 23.4. The van der Waals surface area contributed by atoms with Crippen molar-refractivity contribution in [3.05, 3.63) is 98.0 Å². The van der Waals surface area contributed by atoms with Gasteiger partial charge in [-0.1, -0.05) is 29.3 Å². The molecule has 0 radical (unpaired) electrons. The number of rotatable bonds is 8. The van der Waals surface area contributed by atoms with Gasteiger partial charge in [0.25, 0.3) is 5.91 Å². The van der Waals surface area contributed by atoms with Gasteiger partial charge in [-0.2, -0.15) is 5.10 Å². The Morgan fingerprint density at radius 1 is 1.04 bits per heavy atom. The Balaban J connectivity index is 1.36. The molecule has 0 fully saturated rings. The predicted octanol–water partition coefficient (Wildman–Crippen LogP) is 8.99. The lowest BCUT2D eigenvalue weighted by molar-refractivity contribution is 0.0698. The molecular weight excluding hydrogens is 661 g/mol. The fourth-order valence-corrected chi connectivity index (χ4v) is 7.78. The molecule has 0 unspecified atom stereocenters. The zero-order valence-electron chi connectivity index (χ0n) is 28.2. The van der Waals surface area contributed by atoms with Crippen LogP contribution in [0.15, 0.2) is 48.7 Å². The lowest BCUT2D eigenvalue weighted by Gasteiger charge is -2.34. The Kier molecular flexibility index (Phi) is 8.24. The van der Waals surface area contributed by atoms with Crippen LogP contribution >= 0.6 is 23.2 Å². The third-order valence-electron chi connectivity index (χ3n) is 9.71. The highest BCUT2D eigenvalue weighted by Gasteiger charge is 2.37. The Morgan fingerprint density at radius 3 is 2.45 bits per heavy atom. The molecule has 3 aromatic heterocycles. The molecule has 0 spiro atoms. The Labute approximate surface area is 294 Å². The van der Waals surface area contributed by atoms with Crippen molar-refractivity contribution < 1.29 is 19.4 Å². The second-order valence-electron chi connectivity index (χ2n) is 13.1. The minimum absolute atomic E-state index is 0.157. The molecule has 7 rings (SSSR count). The summed E-state index contributed by atoms with van der Waals surface area (Å²) >= 11 is 13.4. The quantitative estimate of drug-likeness (QED) is 0.155. The van der Waals surface area contributed by atoms with Gasteiger partial charge in [-0.3, -0.25) is 9.89 Å². The van der Waals surface area contributed by atoms with Crippen molar-refractivity contribution in [2.75, 3.05) is 18.1 Å². The fourth-order valence-electron chi connectivity index (χ4n) is 7.43. The maximum atomic E-state index is 14.8. The van der Waals surface area contributed by atoms with Gasteiger partial charge >= 0.3 is 5.97 Å². The van der Waals surface area contributed by atoms with Gasteiger partial charge in [0.15, 0.2) is 0 Å². The number of carboxylic acids is 1. The monoisotopic (exact) mass is 697 g/mol. The zero-order valence-corrected chi connectivity index (χ0v) is 29.8. The second kappa shape index (κ2) is 12.3. The smallest absolute Gasteiger partial charge is 0.336 e. The second-order valence-corrected chi connectivity index (χ2v) is 13.9. The van der Waals surface area contributed by atoms with Gasteiger partial charge in [0.1, 0.15) is 11.4 Å². The molecule has 11 heteroatoms. The number of anilines is 1. The van der Waals surface area contributed by atoms with Crippen LogP contribution in [0.2, 0.25) is 10.0 Å². The molecule has 1 amide bonds. The van der Waals surface area contributed by atoms with Gasteiger partial charge in [0, 0.05) is 64.1 Å². The van der Waals surface area contributed by atoms with E-state index >= 15 is 0 Å². The fraction of sp³-hybridized carbons (Fsp3) is 0.289. The average Bonchev–Trinajstić information content (AvgIpc) is 3.72. The largest absolute Gasteiger partial charge is 0.494 e. The maximum absolute atomic E-state index is 14.8. The number of benzene rings is 3. The molecule has 252 valence electrons. The first-order valence-corrected chi connectivity index (χ1v) is 17.0. The molecular formula is C38H37Cl2N5O4. The van der Waals surface area contributed by atoms with Gasteiger partial charge < -0.3 is 23.9 Å². The number of aromatic nitrogens is 4. The van der Waals surface area contributed by atoms with E-state index in [2.05, 4.69) is 21.7 Å². The molecule has 2 N–H and O–H groups in total. The molecule has 1 aliphatic heterocycles. The van der Waals surface area contributed by atoms with E-state index in [0.717, 1.165) is 66.4 Å². The van der Waals surface area contributed by atoms with E-state index in [9.17, 15) is 14.7 Å². The molecule has 4 heterocycles. The number of carbonyl (C=O) groups excluding carboxylic acids is 1. The highest BCUT2D eigenvalue weighted by Crippen LogP contribution is 2.45. The van der Waals surface area contributed by atoms with Gasteiger partial charge in [-0.25, -0.2) is 4.79 Å².